The van der Waals surface area contributed by atoms with Crippen LogP contribution in [0, 0.1) is 0 Å². The maximum Gasteiger partial charge on any atom is 0.412 e. The number of thioether (sulfide) groups is 1. The number of anilines is 2. The van der Waals surface area contributed by atoms with Crippen LogP contribution in [0.25, 0.3) is 0 Å². The molecule has 1 aromatic rings. The van der Waals surface area contributed by atoms with Crippen LogP contribution in [0.1, 0.15) is 33.6 Å². The zero-order valence-corrected chi connectivity index (χ0v) is 13.8. The average molecular weight is 308 g/mol. The van der Waals surface area contributed by atoms with Crippen LogP contribution in [0.3, 0.4) is 0 Å². The smallest absolute Gasteiger partial charge is 0.412 e. The number of carbonyl (C=O) groups is 1. The fourth-order valence-corrected chi connectivity index (χ4v) is 3.23. The first kappa shape index (κ1) is 16.0. The molecule has 0 aromatic heterocycles. The van der Waals surface area contributed by atoms with E-state index in [2.05, 4.69) is 10.6 Å². The Morgan fingerprint density at radius 2 is 1.90 bits per heavy atom. The first-order chi connectivity index (χ1) is 9.92. The number of hydrogen-bond donors (Lipinski definition) is 2. The average Bonchev–Trinajstić information content (AvgIpc) is 2.40. The zero-order chi connectivity index (χ0) is 15.3. The van der Waals surface area contributed by atoms with Crippen molar-refractivity contribution in [2.24, 2.45) is 0 Å². The van der Waals surface area contributed by atoms with Crippen LogP contribution in [0.2, 0.25) is 0 Å². The molecule has 2 N–H and O–H groups in total. The standard InChI is InChI=1S/C16H24N2O2S/c1-16(2,3)20-15(19)18-13-8-6-12(7-9-13)17-14-5-4-10-21-11-14/h6-9,14,17H,4-5,10-11H2,1-3H3,(H,18,19). The number of amides is 1. The summed E-state index contributed by atoms with van der Waals surface area (Å²) in [6.07, 6.45) is 2.08. The Bertz CT molecular complexity index is 462. The minimum atomic E-state index is -0.482. The van der Waals surface area contributed by atoms with Gasteiger partial charge in [-0.05, 0) is 63.6 Å². The molecule has 1 unspecified atom stereocenters. The van der Waals surface area contributed by atoms with E-state index in [0.29, 0.717) is 6.04 Å². The summed E-state index contributed by atoms with van der Waals surface area (Å²) in [5.41, 5.74) is 1.36. The summed E-state index contributed by atoms with van der Waals surface area (Å²) in [4.78, 5) is 11.7. The summed E-state index contributed by atoms with van der Waals surface area (Å²) in [7, 11) is 0. The van der Waals surface area contributed by atoms with Crippen LogP contribution in [0.4, 0.5) is 16.2 Å². The van der Waals surface area contributed by atoms with Crippen LogP contribution in [0.15, 0.2) is 24.3 Å². The molecule has 1 aliphatic heterocycles. The Morgan fingerprint density at radius 3 is 2.48 bits per heavy atom. The van der Waals surface area contributed by atoms with Crippen molar-refractivity contribution in [3.8, 4) is 0 Å². The van der Waals surface area contributed by atoms with Gasteiger partial charge >= 0.3 is 6.09 Å². The predicted molar refractivity (Wildman–Crippen MR) is 90.3 cm³/mol. The van der Waals surface area contributed by atoms with Gasteiger partial charge in [-0.3, -0.25) is 5.32 Å². The summed E-state index contributed by atoms with van der Waals surface area (Å²) in [6, 6.07) is 8.32. The van der Waals surface area contributed by atoms with Crippen LogP contribution in [0.5, 0.6) is 0 Å². The molecule has 1 atom stereocenters. The van der Waals surface area contributed by atoms with Gasteiger partial charge in [-0.1, -0.05) is 0 Å². The molecule has 0 spiro atoms. The molecule has 1 aliphatic rings. The number of carbonyl (C=O) groups excluding carboxylic acids is 1. The summed E-state index contributed by atoms with van der Waals surface area (Å²) in [5.74, 6) is 2.44. The molecular weight excluding hydrogens is 284 g/mol. The first-order valence-electron chi connectivity index (χ1n) is 7.37. The fraction of sp³-hybridized carbons (Fsp3) is 0.562. The van der Waals surface area contributed by atoms with Crippen LogP contribution >= 0.6 is 11.8 Å². The Hall–Kier alpha value is -1.36. The molecule has 1 aromatic carbocycles. The van der Waals surface area contributed by atoms with Gasteiger partial charge in [-0.15, -0.1) is 0 Å². The Labute approximate surface area is 131 Å². The number of hydrogen-bond acceptors (Lipinski definition) is 4. The van der Waals surface area contributed by atoms with Crippen LogP contribution < -0.4 is 10.6 Å². The van der Waals surface area contributed by atoms with E-state index in [4.69, 9.17) is 4.74 Å². The van der Waals surface area contributed by atoms with Crippen molar-refractivity contribution in [3.05, 3.63) is 24.3 Å². The second-order valence-corrected chi connectivity index (χ2v) is 7.41. The van der Waals surface area contributed by atoms with Gasteiger partial charge < -0.3 is 10.1 Å². The van der Waals surface area contributed by atoms with Crippen LogP contribution in [-0.2, 0) is 4.74 Å². The normalized spacial score (nSPS) is 18.9. The maximum absolute atomic E-state index is 11.7. The SMILES string of the molecule is CC(C)(C)OC(=O)Nc1ccc(NC2CCCSC2)cc1. The van der Waals surface area contributed by atoms with Gasteiger partial charge in [0.2, 0.25) is 0 Å². The molecule has 5 heteroatoms. The summed E-state index contributed by atoms with van der Waals surface area (Å²) in [6.45, 7) is 5.55. The minimum absolute atomic E-state index is 0.424. The topological polar surface area (TPSA) is 50.4 Å². The van der Waals surface area contributed by atoms with E-state index in [1.54, 1.807) is 0 Å². The molecule has 116 valence electrons. The quantitative estimate of drug-likeness (QED) is 0.872. The van der Waals surface area contributed by atoms with E-state index in [0.717, 1.165) is 17.1 Å². The van der Waals surface area contributed by atoms with E-state index < -0.39 is 11.7 Å². The van der Waals surface area contributed by atoms with Crippen molar-refractivity contribution in [1.29, 1.82) is 0 Å². The van der Waals surface area contributed by atoms with Crippen molar-refractivity contribution in [2.75, 3.05) is 22.1 Å². The monoisotopic (exact) mass is 308 g/mol. The molecule has 1 heterocycles. The molecule has 1 amide bonds. The summed E-state index contributed by atoms with van der Waals surface area (Å²) < 4.78 is 5.22. The Balaban J connectivity index is 1.85. The van der Waals surface area contributed by atoms with Gasteiger partial charge in [0.15, 0.2) is 0 Å². The number of nitrogens with one attached hydrogen (secondary N) is 2. The van der Waals surface area contributed by atoms with E-state index in [-0.39, 0.29) is 0 Å². The number of rotatable bonds is 3. The zero-order valence-electron chi connectivity index (χ0n) is 12.9. The molecule has 21 heavy (non-hydrogen) atoms. The molecule has 0 radical (unpaired) electrons. The predicted octanol–water partition coefficient (Wildman–Crippen LogP) is 4.34. The number of benzene rings is 1. The van der Waals surface area contributed by atoms with E-state index in [1.807, 2.05) is 56.8 Å². The highest BCUT2D eigenvalue weighted by atomic mass is 32.2. The van der Waals surface area contributed by atoms with E-state index >= 15 is 0 Å². The van der Waals surface area contributed by atoms with E-state index in [9.17, 15) is 4.79 Å². The third-order valence-electron chi connectivity index (χ3n) is 3.06. The third-order valence-corrected chi connectivity index (χ3v) is 4.28. The van der Waals surface area contributed by atoms with Gasteiger partial charge in [-0.2, -0.15) is 11.8 Å². The molecular formula is C16H24N2O2S. The van der Waals surface area contributed by atoms with E-state index in [1.165, 1.54) is 18.6 Å². The van der Waals surface area contributed by atoms with Crippen molar-refractivity contribution in [1.82, 2.24) is 0 Å². The van der Waals surface area contributed by atoms with Crippen molar-refractivity contribution in [2.45, 2.75) is 45.3 Å². The Morgan fingerprint density at radius 1 is 1.24 bits per heavy atom. The second kappa shape index (κ2) is 7.07. The fourth-order valence-electron chi connectivity index (χ4n) is 2.16. The lowest BCUT2D eigenvalue weighted by molar-refractivity contribution is 0.0636. The highest BCUT2D eigenvalue weighted by Gasteiger charge is 2.16. The molecule has 2 rings (SSSR count). The molecule has 4 nitrogen and oxygen atoms in total. The lowest BCUT2D eigenvalue weighted by atomic mass is 10.1. The molecule has 0 saturated carbocycles. The highest BCUT2D eigenvalue weighted by Crippen LogP contribution is 2.22. The number of ether oxygens (including phenoxy) is 1. The van der Waals surface area contributed by atoms with Crippen molar-refractivity contribution < 1.29 is 9.53 Å². The molecule has 0 bridgehead atoms. The lowest BCUT2D eigenvalue weighted by Gasteiger charge is -2.23. The van der Waals surface area contributed by atoms with Gasteiger partial charge in [-0.25, -0.2) is 4.79 Å². The third kappa shape index (κ3) is 5.87. The molecule has 1 fully saturated rings. The minimum Gasteiger partial charge on any atom is -0.444 e. The van der Waals surface area contributed by atoms with Gasteiger partial charge in [0.25, 0.3) is 0 Å². The van der Waals surface area contributed by atoms with Crippen molar-refractivity contribution >= 4 is 29.2 Å². The van der Waals surface area contributed by atoms with Crippen molar-refractivity contribution in [3.63, 3.8) is 0 Å². The largest absolute Gasteiger partial charge is 0.444 e. The van der Waals surface area contributed by atoms with Gasteiger partial charge in [0, 0.05) is 23.2 Å². The van der Waals surface area contributed by atoms with Gasteiger partial charge in [0.1, 0.15) is 5.60 Å². The second-order valence-electron chi connectivity index (χ2n) is 6.26. The van der Waals surface area contributed by atoms with Gasteiger partial charge in [0.05, 0.1) is 0 Å². The lowest BCUT2D eigenvalue weighted by Crippen LogP contribution is -2.27. The summed E-state index contributed by atoms with van der Waals surface area (Å²) >= 11 is 2.00. The Kier molecular flexibility index (Phi) is 5.39. The first-order valence-corrected chi connectivity index (χ1v) is 8.52. The molecule has 0 aliphatic carbocycles. The highest BCUT2D eigenvalue weighted by molar-refractivity contribution is 7.99. The summed E-state index contributed by atoms with van der Waals surface area (Å²) in [5, 5.41) is 6.27. The van der Waals surface area contributed by atoms with Crippen LogP contribution in [-0.4, -0.2) is 29.2 Å². The maximum atomic E-state index is 11.7. The molecule has 1 saturated heterocycles.